The largest absolute Gasteiger partial charge is 0.493 e. The first-order valence-electron chi connectivity index (χ1n) is 9.88. The number of aromatic carboxylic acids is 1. The number of ether oxygens (including phenoxy) is 1. The number of nitrogens with one attached hydrogen (secondary N) is 1. The van der Waals surface area contributed by atoms with E-state index in [1.165, 1.54) is 12.1 Å². The van der Waals surface area contributed by atoms with Gasteiger partial charge in [0.2, 0.25) is 0 Å². The second-order valence-corrected chi connectivity index (χ2v) is 7.61. The quantitative estimate of drug-likeness (QED) is 0.718. The lowest BCUT2D eigenvalue weighted by atomic mass is 10.2. The number of hydrogen-bond donors (Lipinski definition) is 1. The van der Waals surface area contributed by atoms with Crippen LogP contribution in [0.5, 0.6) is 5.75 Å². The van der Waals surface area contributed by atoms with Gasteiger partial charge in [0.25, 0.3) is 5.82 Å². The number of rotatable bonds is 8. The number of aromatic amines is 1. The molecule has 0 saturated carbocycles. The van der Waals surface area contributed by atoms with Gasteiger partial charge < -0.3 is 9.84 Å². The number of nitrogens with zero attached hydrogens (tertiary/aromatic N) is 3. The van der Waals surface area contributed by atoms with Crippen LogP contribution in [0.2, 0.25) is 0 Å². The van der Waals surface area contributed by atoms with Gasteiger partial charge in [-0.05, 0) is 25.5 Å². The van der Waals surface area contributed by atoms with E-state index in [1.807, 2.05) is 0 Å². The Morgan fingerprint density at radius 1 is 1.31 bits per heavy atom. The molecule has 2 aromatic rings. The summed E-state index contributed by atoms with van der Waals surface area (Å²) in [4.78, 5) is 18.6. The van der Waals surface area contributed by atoms with Gasteiger partial charge in [-0.3, -0.25) is 9.80 Å². The maximum Gasteiger partial charge on any atom is 0.435 e. The highest BCUT2D eigenvalue weighted by atomic mass is 19.1. The lowest BCUT2D eigenvalue weighted by Crippen LogP contribution is -2.50. The van der Waals surface area contributed by atoms with Crippen molar-refractivity contribution in [3.8, 4) is 5.75 Å². The van der Waals surface area contributed by atoms with E-state index in [1.54, 1.807) is 0 Å². The van der Waals surface area contributed by atoms with Crippen LogP contribution in [0, 0.1) is 5.82 Å². The van der Waals surface area contributed by atoms with Crippen molar-refractivity contribution in [2.24, 2.45) is 0 Å². The van der Waals surface area contributed by atoms with Crippen molar-refractivity contribution in [1.29, 1.82) is 0 Å². The molecule has 0 spiro atoms. The molecule has 8 nitrogen and oxygen atoms in total. The molecule has 1 atom stereocenters. The van der Waals surface area contributed by atoms with Crippen LogP contribution in [0.4, 0.5) is 10.4 Å². The number of carbonyl (C=O) groups is 1. The Morgan fingerprint density at radius 2 is 2.03 bits per heavy atom. The van der Waals surface area contributed by atoms with Crippen LogP contribution in [0.25, 0.3) is 0 Å². The molecule has 1 saturated heterocycles. The highest BCUT2D eigenvalue weighted by molar-refractivity contribution is 5.88. The molecule has 1 aliphatic rings. The van der Waals surface area contributed by atoms with Crippen LogP contribution in [0.3, 0.4) is 0 Å². The standard InChI is InChI=1S/C20H27FN4O4/c1-13(2)18-22-20(29-23-18)25-9-7-24(8-10-25)14(3)6-11-28-15-4-5-16(19(26)27)17(21)12-15/h4-5,12-14H,6-11H2,1-3H3,(H,26,27)/p+1. The Bertz CT molecular complexity index is 834. The monoisotopic (exact) mass is 407 g/mol. The fourth-order valence-corrected chi connectivity index (χ4v) is 3.29. The molecule has 2 N–H and O–H groups in total. The minimum Gasteiger partial charge on any atom is -0.493 e. The first-order valence-corrected chi connectivity index (χ1v) is 9.88. The zero-order valence-corrected chi connectivity index (χ0v) is 17.0. The lowest BCUT2D eigenvalue weighted by Gasteiger charge is -2.34. The molecule has 0 aliphatic carbocycles. The third-order valence-corrected chi connectivity index (χ3v) is 5.21. The van der Waals surface area contributed by atoms with Gasteiger partial charge in [-0.1, -0.05) is 13.8 Å². The van der Waals surface area contributed by atoms with Crippen LogP contribution in [-0.2, 0) is 0 Å². The number of carboxylic acid groups (broad SMARTS) is 1. The molecule has 3 rings (SSSR count). The summed E-state index contributed by atoms with van der Waals surface area (Å²) < 4.78 is 24.7. The van der Waals surface area contributed by atoms with E-state index in [0.717, 1.165) is 44.5 Å². The van der Waals surface area contributed by atoms with Crippen LogP contribution in [-0.4, -0.2) is 60.0 Å². The SMILES string of the molecule is CC(C)c1noc(N2CCN(C(C)CCOc3ccc(C(=O)O)c(F)c3)CC2)[nH+]1. The van der Waals surface area contributed by atoms with E-state index >= 15 is 0 Å². The summed E-state index contributed by atoms with van der Waals surface area (Å²) in [6, 6.07) is 4.84. The van der Waals surface area contributed by atoms with Crippen LogP contribution >= 0.6 is 0 Å². The summed E-state index contributed by atoms with van der Waals surface area (Å²) in [7, 11) is 0. The molecular weight excluding hydrogens is 379 g/mol. The second kappa shape index (κ2) is 9.21. The predicted molar refractivity (Wildman–Crippen MR) is 104 cm³/mol. The number of halogens is 1. The Balaban J connectivity index is 1.43. The van der Waals surface area contributed by atoms with E-state index in [2.05, 4.69) is 40.7 Å². The summed E-state index contributed by atoms with van der Waals surface area (Å²) in [5.41, 5.74) is -0.354. The van der Waals surface area contributed by atoms with Gasteiger partial charge >= 0.3 is 12.0 Å². The van der Waals surface area contributed by atoms with E-state index in [-0.39, 0.29) is 5.56 Å². The summed E-state index contributed by atoms with van der Waals surface area (Å²) in [6.45, 7) is 10.2. The van der Waals surface area contributed by atoms with E-state index < -0.39 is 11.8 Å². The van der Waals surface area contributed by atoms with Crippen molar-refractivity contribution in [2.75, 3.05) is 37.7 Å². The molecule has 0 bridgehead atoms. The predicted octanol–water partition coefficient (Wildman–Crippen LogP) is 2.43. The average Bonchev–Trinajstić information content (AvgIpc) is 3.18. The second-order valence-electron chi connectivity index (χ2n) is 7.61. The number of aromatic nitrogens is 2. The summed E-state index contributed by atoms with van der Waals surface area (Å²) in [5.74, 6) is -0.594. The van der Waals surface area contributed by atoms with E-state index in [9.17, 15) is 9.18 Å². The summed E-state index contributed by atoms with van der Waals surface area (Å²) in [6.07, 6.45) is 0.786. The maximum atomic E-state index is 13.7. The van der Waals surface area contributed by atoms with Crippen molar-refractivity contribution in [2.45, 2.75) is 39.2 Å². The van der Waals surface area contributed by atoms with Crippen LogP contribution in [0.1, 0.15) is 49.3 Å². The first kappa shape index (κ1) is 21.0. The van der Waals surface area contributed by atoms with Crippen LogP contribution < -0.4 is 14.6 Å². The van der Waals surface area contributed by atoms with Gasteiger partial charge in [0.05, 0.1) is 30.4 Å². The highest BCUT2D eigenvalue weighted by Crippen LogP contribution is 2.19. The van der Waals surface area contributed by atoms with Gasteiger partial charge in [-0.2, -0.15) is 0 Å². The Hall–Kier alpha value is -2.68. The molecule has 1 aliphatic heterocycles. The smallest absolute Gasteiger partial charge is 0.435 e. The molecule has 29 heavy (non-hydrogen) atoms. The normalized spacial score (nSPS) is 16.2. The number of carboxylic acids is 1. The number of piperazine rings is 1. The molecule has 1 aromatic carbocycles. The lowest BCUT2D eigenvalue weighted by molar-refractivity contribution is -0.383. The molecule has 1 aromatic heterocycles. The Labute approximate surface area is 169 Å². The van der Waals surface area contributed by atoms with E-state index in [0.29, 0.717) is 30.3 Å². The third kappa shape index (κ3) is 5.23. The Morgan fingerprint density at radius 3 is 2.62 bits per heavy atom. The van der Waals surface area contributed by atoms with Crippen molar-refractivity contribution < 1.29 is 28.5 Å². The maximum absolute atomic E-state index is 13.7. The fourth-order valence-electron chi connectivity index (χ4n) is 3.29. The third-order valence-electron chi connectivity index (χ3n) is 5.21. The summed E-state index contributed by atoms with van der Waals surface area (Å²) >= 11 is 0. The number of H-pyrrole nitrogens is 1. The molecule has 158 valence electrons. The summed E-state index contributed by atoms with van der Waals surface area (Å²) in [5, 5.41) is 12.9. The van der Waals surface area contributed by atoms with Gasteiger partial charge in [0.15, 0.2) is 0 Å². The number of hydrogen-bond acceptors (Lipinski definition) is 6. The van der Waals surface area contributed by atoms with Gasteiger partial charge in [-0.15, -0.1) is 0 Å². The zero-order valence-electron chi connectivity index (χ0n) is 17.0. The van der Waals surface area contributed by atoms with Gasteiger partial charge in [0, 0.05) is 31.1 Å². The van der Waals surface area contributed by atoms with E-state index in [4.69, 9.17) is 14.4 Å². The van der Waals surface area contributed by atoms with Gasteiger partial charge in [-0.25, -0.2) is 18.7 Å². The molecule has 9 heteroatoms. The molecule has 1 unspecified atom stereocenters. The molecule has 1 fully saturated rings. The molecule has 2 heterocycles. The van der Waals surface area contributed by atoms with Crippen molar-refractivity contribution >= 4 is 12.0 Å². The fraction of sp³-hybridized carbons (Fsp3) is 0.550. The minimum atomic E-state index is -1.29. The molecular formula is C20H28FN4O4+. The number of benzene rings is 1. The molecule has 0 amide bonds. The van der Waals surface area contributed by atoms with Crippen molar-refractivity contribution in [1.82, 2.24) is 10.1 Å². The first-order chi connectivity index (χ1) is 13.8. The zero-order chi connectivity index (χ0) is 21.0. The number of anilines is 1. The highest BCUT2D eigenvalue weighted by Gasteiger charge is 2.28. The van der Waals surface area contributed by atoms with Gasteiger partial charge in [0.1, 0.15) is 11.6 Å². The van der Waals surface area contributed by atoms with Crippen molar-refractivity contribution in [3.05, 3.63) is 35.4 Å². The van der Waals surface area contributed by atoms with Crippen LogP contribution in [0.15, 0.2) is 22.7 Å². The Kier molecular flexibility index (Phi) is 6.68. The topological polar surface area (TPSA) is 93.2 Å². The van der Waals surface area contributed by atoms with Crippen molar-refractivity contribution in [3.63, 3.8) is 0 Å². The average molecular weight is 407 g/mol. The minimum absolute atomic E-state index is 0.294. The molecule has 0 radical (unpaired) electrons.